The van der Waals surface area contributed by atoms with Crippen molar-refractivity contribution in [1.82, 2.24) is 0 Å². The van der Waals surface area contributed by atoms with E-state index in [2.05, 4.69) is 21.2 Å². The van der Waals surface area contributed by atoms with Gasteiger partial charge in [0.2, 0.25) is 0 Å². The average Bonchev–Trinajstić information content (AvgIpc) is 2.20. The molecular weight excluding hydrogens is 254 g/mol. The second-order valence-corrected chi connectivity index (χ2v) is 4.51. The molecule has 0 radical (unpaired) electrons. The second kappa shape index (κ2) is 4.62. The zero-order valence-corrected chi connectivity index (χ0v) is 9.88. The van der Waals surface area contributed by atoms with Crippen LogP contribution in [0.5, 0.6) is 0 Å². The average molecular weight is 266 g/mol. The van der Waals surface area contributed by atoms with Crippen LogP contribution in [0.25, 0.3) is 6.08 Å². The molecule has 1 aliphatic rings. The molecule has 0 saturated carbocycles. The first kappa shape index (κ1) is 10.4. The van der Waals surface area contributed by atoms with E-state index in [1.54, 1.807) is 0 Å². The molecule has 0 aliphatic carbocycles. The summed E-state index contributed by atoms with van der Waals surface area (Å²) in [6.07, 6.45) is 4.76. The van der Waals surface area contributed by atoms with Gasteiger partial charge in [-0.3, -0.25) is 4.79 Å². The molecule has 2 rings (SSSR count). The number of hydrogen-bond acceptors (Lipinski definition) is 2. The number of fused-ring (bicyclic) bond motifs is 1. The second-order valence-electron chi connectivity index (χ2n) is 3.60. The Hall–Kier alpha value is -1.09. The number of halogens is 1. The van der Waals surface area contributed by atoms with Gasteiger partial charge in [-0.15, -0.1) is 0 Å². The van der Waals surface area contributed by atoms with Gasteiger partial charge in [-0.25, -0.2) is 0 Å². The third-order valence-electron chi connectivity index (χ3n) is 2.46. The van der Waals surface area contributed by atoms with Crippen molar-refractivity contribution in [2.24, 2.45) is 0 Å². The molecule has 0 saturated heterocycles. The number of allylic oxidation sites excluding steroid dienone is 1. The number of anilines is 1. The number of rotatable bonds is 1. The SMILES string of the molecule is O=C/C1=C/c2cc(Br)ccc2NCCC1. The Morgan fingerprint density at radius 3 is 3.07 bits per heavy atom. The first-order valence-electron chi connectivity index (χ1n) is 4.99. The third-order valence-corrected chi connectivity index (χ3v) is 2.96. The highest BCUT2D eigenvalue weighted by molar-refractivity contribution is 9.10. The van der Waals surface area contributed by atoms with Crippen LogP contribution >= 0.6 is 15.9 Å². The fraction of sp³-hybridized carbons (Fsp3) is 0.250. The Labute approximate surface area is 97.5 Å². The van der Waals surface area contributed by atoms with Crippen LogP contribution in [0.1, 0.15) is 18.4 Å². The molecule has 0 fully saturated rings. The fourth-order valence-electron chi connectivity index (χ4n) is 1.69. The molecule has 1 aromatic rings. The molecule has 0 aromatic heterocycles. The van der Waals surface area contributed by atoms with Crippen molar-refractivity contribution in [3.63, 3.8) is 0 Å². The monoisotopic (exact) mass is 265 g/mol. The highest BCUT2D eigenvalue weighted by Gasteiger charge is 2.06. The van der Waals surface area contributed by atoms with Gasteiger partial charge in [0.25, 0.3) is 0 Å². The number of aldehydes is 1. The number of hydrogen-bond donors (Lipinski definition) is 1. The van der Waals surface area contributed by atoms with Crippen LogP contribution in [-0.4, -0.2) is 12.8 Å². The topological polar surface area (TPSA) is 29.1 Å². The van der Waals surface area contributed by atoms with E-state index < -0.39 is 0 Å². The third kappa shape index (κ3) is 2.48. The quantitative estimate of drug-likeness (QED) is 0.790. The largest absolute Gasteiger partial charge is 0.385 e. The molecule has 1 heterocycles. The number of benzene rings is 1. The Kier molecular flexibility index (Phi) is 3.21. The summed E-state index contributed by atoms with van der Waals surface area (Å²) in [5.41, 5.74) is 3.04. The van der Waals surface area contributed by atoms with E-state index in [9.17, 15) is 4.79 Å². The van der Waals surface area contributed by atoms with Crippen LogP contribution in [0.2, 0.25) is 0 Å². The molecule has 0 atom stereocenters. The molecule has 0 unspecified atom stereocenters. The molecule has 78 valence electrons. The van der Waals surface area contributed by atoms with Gasteiger partial charge in [-0.2, -0.15) is 0 Å². The van der Waals surface area contributed by atoms with E-state index >= 15 is 0 Å². The Morgan fingerprint density at radius 1 is 1.40 bits per heavy atom. The van der Waals surface area contributed by atoms with Gasteiger partial charge >= 0.3 is 0 Å². The van der Waals surface area contributed by atoms with Crippen molar-refractivity contribution in [2.75, 3.05) is 11.9 Å². The van der Waals surface area contributed by atoms with Crippen LogP contribution in [-0.2, 0) is 4.79 Å². The number of carbonyl (C=O) groups excluding carboxylic acids is 1. The van der Waals surface area contributed by atoms with Gasteiger partial charge in [0.1, 0.15) is 6.29 Å². The summed E-state index contributed by atoms with van der Waals surface area (Å²) >= 11 is 3.43. The molecule has 0 spiro atoms. The van der Waals surface area contributed by atoms with Gasteiger partial charge in [0.15, 0.2) is 0 Å². The molecular formula is C12H12BrNO. The first-order chi connectivity index (χ1) is 7.29. The maximum Gasteiger partial charge on any atom is 0.146 e. The van der Waals surface area contributed by atoms with Gasteiger partial charge in [0, 0.05) is 16.7 Å². The first-order valence-corrected chi connectivity index (χ1v) is 5.78. The standard InChI is InChI=1S/C12H12BrNO/c13-11-3-4-12-10(7-11)6-9(8-15)2-1-5-14-12/h3-4,6-8,14H,1-2,5H2/b9-6+. The summed E-state index contributed by atoms with van der Waals surface area (Å²) in [5, 5.41) is 3.36. The molecule has 15 heavy (non-hydrogen) atoms. The number of nitrogens with one attached hydrogen (secondary N) is 1. The van der Waals surface area contributed by atoms with Crippen molar-refractivity contribution in [2.45, 2.75) is 12.8 Å². The van der Waals surface area contributed by atoms with Crippen molar-refractivity contribution < 1.29 is 4.79 Å². The lowest BCUT2D eigenvalue weighted by Gasteiger charge is -2.14. The summed E-state index contributed by atoms with van der Waals surface area (Å²) in [4.78, 5) is 10.8. The van der Waals surface area contributed by atoms with Crippen LogP contribution < -0.4 is 5.32 Å². The number of carbonyl (C=O) groups is 1. The lowest BCUT2D eigenvalue weighted by atomic mass is 10.0. The highest BCUT2D eigenvalue weighted by atomic mass is 79.9. The van der Waals surface area contributed by atoms with E-state index in [1.807, 2.05) is 24.3 Å². The van der Waals surface area contributed by atoms with Crippen molar-refractivity contribution in [1.29, 1.82) is 0 Å². The summed E-state index contributed by atoms with van der Waals surface area (Å²) in [6.45, 7) is 0.916. The Bertz CT molecular complexity index is 412. The van der Waals surface area contributed by atoms with Crippen molar-refractivity contribution >= 4 is 34.0 Å². The Morgan fingerprint density at radius 2 is 2.27 bits per heavy atom. The van der Waals surface area contributed by atoms with E-state index in [-0.39, 0.29) is 0 Å². The van der Waals surface area contributed by atoms with Crippen molar-refractivity contribution in [3.8, 4) is 0 Å². The summed E-state index contributed by atoms with van der Waals surface area (Å²) in [5.74, 6) is 0. The van der Waals surface area contributed by atoms with Crippen LogP contribution in [0.3, 0.4) is 0 Å². The lowest BCUT2D eigenvalue weighted by Crippen LogP contribution is -2.06. The zero-order chi connectivity index (χ0) is 10.7. The van der Waals surface area contributed by atoms with Gasteiger partial charge in [-0.05, 0) is 48.3 Å². The van der Waals surface area contributed by atoms with E-state index in [0.717, 1.165) is 47.0 Å². The molecule has 1 aliphatic heterocycles. The molecule has 3 heteroatoms. The van der Waals surface area contributed by atoms with Gasteiger partial charge < -0.3 is 5.32 Å². The summed E-state index contributed by atoms with van der Waals surface area (Å²) in [7, 11) is 0. The van der Waals surface area contributed by atoms with E-state index in [0.29, 0.717) is 0 Å². The minimum Gasteiger partial charge on any atom is -0.385 e. The van der Waals surface area contributed by atoms with E-state index in [4.69, 9.17) is 0 Å². The van der Waals surface area contributed by atoms with Crippen LogP contribution in [0.4, 0.5) is 5.69 Å². The van der Waals surface area contributed by atoms with Crippen LogP contribution in [0.15, 0.2) is 28.2 Å². The minimum atomic E-state index is 0.850. The predicted octanol–water partition coefficient (Wildman–Crippen LogP) is 3.24. The summed E-state index contributed by atoms with van der Waals surface area (Å²) in [6, 6.07) is 6.06. The van der Waals surface area contributed by atoms with Gasteiger partial charge in [-0.1, -0.05) is 15.9 Å². The van der Waals surface area contributed by atoms with Crippen LogP contribution in [0, 0.1) is 0 Å². The smallest absolute Gasteiger partial charge is 0.146 e. The highest BCUT2D eigenvalue weighted by Crippen LogP contribution is 2.25. The lowest BCUT2D eigenvalue weighted by molar-refractivity contribution is -0.105. The van der Waals surface area contributed by atoms with E-state index in [1.165, 1.54) is 0 Å². The Balaban J connectivity index is 2.47. The molecule has 2 nitrogen and oxygen atoms in total. The van der Waals surface area contributed by atoms with Crippen molar-refractivity contribution in [3.05, 3.63) is 33.8 Å². The maximum atomic E-state index is 10.8. The summed E-state index contributed by atoms with van der Waals surface area (Å²) < 4.78 is 1.03. The maximum absolute atomic E-state index is 10.8. The molecule has 1 aromatic carbocycles. The molecule has 1 N–H and O–H groups in total. The normalized spacial score (nSPS) is 18.9. The molecule has 0 bridgehead atoms. The fourth-order valence-corrected chi connectivity index (χ4v) is 2.07. The van der Waals surface area contributed by atoms with Gasteiger partial charge in [0.05, 0.1) is 0 Å². The minimum absolute atomic E-state index is 0.850. The zero-order valence-electron chi connectivity index (χ0n) is 8.29. The molecule has 0 amide bonds. The predicted molar refractivity (Wildman–Crippen MR) is 65.9 cm³/mol.